The minimum Gasteiger partial charge on any atom is -0.292 e. The molecule has 0 saturated carbocycles. The molecule has 0 N–H and O–H groups in total. The van der Waals surface area contributed by atoms with Crippen molar-refractivity contribution in [2.45, 2.75) is 0 Å². The normalized spacial score (nSPS) is 11.8. The van der Waals surface area contributed by atoms with Gasteiger partial charge >= 0.3 is 0 Å². The molecule has 0 bridgehead atoms. The van der Waals surface area contributed by atoms with Crippen LogP contribution in [-0.2, 0) is 0 Å². The summed E-state index contributed by atoms with van der Waals surface area (Å²) in [5.74, 6) is 0.942. The van der Waals surface area contributed by atoms with Crippen LogP contribution < -0.4 is 0 Å². The Balaban J connectivity index is 1.23. The molecule has 0 fully saturated rings. The van der Waals surface area contributed by atoms with E-state index >= 15 is 0 Å². The van der Waals surface area contributed by atoms with Crippen molar-refractivity contribution >= 4 is 64.9 Å². The number of imidazole rings is 1. The summed E-state index contributed by atoms with van der Waals surface area (Å²) in [6, 6.07) is 61.6. The Bertz CT molecular complexity index is 2830. The molecular weight excluding hydrogens is 569 g/mol. The molecule has 0 atom stereocenters. The standard InChI is InChI=1S/C45H28N2/c1-2-12-34(13-3-1)47-42-20-9-8-19-41(42)46-45(47)31-24-21-29(22-25-31)33-27-32-26-23-30-11-10-18-39-37-16-6-4-14-35(37)36-15-5-7-17-38(36)40(28-33)44(32)43(30)39/h1-28H. The Hall–Kier alpha value is -6.25. The number of benzene rings is 8. The quantitative estimate of drug-likeness (QED) is 0.186. The van der Waals surface area contributed by atoms with Gasteiger partial charge in [-0.1, -0.05) is 133 Å². The Kier molecular flexibility index (Phi) is 5.61. The topological polar surface area (TPSA) is 17.8 Å². The minimum absolute atomic E-state index is 0.942. The van der Waals surface area contributed by atoms with Gasteiger partial charge in [0.05, 0.1) is 11.0 Å². The molecule has 0 saturated heterocycles. The lowest BCUT2D eigenvalue weighted by molar-refractivity contribution is 1.10. The molecule has 1 heterocycles. The van der Waals surface area contributed by atoms with E-state index in [-0.39, 0.29) is 0 Å². The van der Waals surface area contributed by atoms with Crippen molar-refractivity contribution in [2.75, 3.05) is 0 Å². The molecule has 0 aliphatic heterocycles. The third-order valence-corrected chi connectivity index (χ3v) is 9.73. The Labute approximate surface area is 271 Å². The van der Waals surface area contributed by atoms with Crippen LogP contribution >= 0.6 is 0 Å². The highest BCUT2D eigenvalue weighted by Crippen LogP contribution is 2.42. The van der Waals surface area contributed by atoms with E-state index in [2.05, 4.69) is 174 Å². The predicted molar refractivity (Wildman–Crippen MR) is 199 cm³/mol. The molecule has 2 heteroatoms. The van der Waals surface area contributed by atoms with Crippen molar-refractivity contribution < 1.29 is 0 Å². The van der Waals surface area contributed by atoms with E-state index in [1.54, 1.807) is 0 Å². The largest absolute Gasteiger partial charge is 0.292 e. The van der Waals surface area contributed by atoms with Gasteiger partial charge in [0.2, 0.25) is 0 Å². The van der Waals surface area contributed by atoms with Crippen molar-refractivity contribution in [1.82, 2.24) is 9.55 Å². The zero-order valence-corrected chi connectivity index (χ0v) is 25.6. The highest BCUT2D eigenvalue weighted by Gasteiger charge is 2.16. The highest BCUT2D eigenvalue weighted by molar-refractivity contribution is 6.33. The van der Waals surface area contributed by atoms with Crippen LogP contribution in [0.25, 0.3) is 93.1 Å². The number of hydrogen-bond donors (Lipinski definition) is 0. The third-order valence-electron chi connectivity index (χ3n) is 9.73. The fourth-order valence-electron chi connectivity index (χ4n) is 7.62. The zero-order chi connectivity index (χ0) is 30.9. The van der Waals surface area contributed by atoms with Gasteiger partial charge in [-0.3, -0.25) is 4.57 Å². The number of rotatable bonds is 3. The maximum atomic E-state index is 5.09. The molecule has 0 aliphatic carbocycles. The monoisotopic (exact) mass is 596 g/mol. The lowest BCUT2D eigenvalue weighted by Crippen LogP contribution is -1.97. The van der Waals surface area contributed by atoms with Crippen LogP contribution in [0.2, 0.25) is 0 Å². The fourth-order valence-corrected chi connectivity index (χ4v) is 7.62. The van der Waals surface area contributed by atoms with Crippen molar-refractivity contribution in [3.63, 3.8) is 0 Å². The number of hydrogen-bond acceptors (Lipinski definition) is 1. The number of para-hydroxylation sites is 3. The van der Waals surface area contributed by atoms with Gasteiger partial charge < -0.3 is 0 Å². The molecule has 2 nitrogen and oxygen atoms in total. The minimum atomic E-state index is 0.942. The number of aromatic nitrogens is 2. The van der Waals surface area contributed by atoms with Gasteiger partial charge in [0.15, 0.2) is 0 Å². The van der Waals surface area contributed by atoms with Crippen LogP contribution in [0.3, 0.4) is 0 Å². The van der Waals surface area contributed by atoms with E-state index in [9.17, 15) is 0 Å². The molecule has 1 aromatic heterocycles. The number of nitrogens with zero attached hydrogens (tertiary/aromatic N) is 2. The highest BCUT2D eigenvalue weighted by atomic mass is 15.1. The van der Waals surface area contributed by atoms with Crippen LogP contribution in [0.15, 0.2) is 170 Å². The van der Waals surface area contributed by atoms with Crippen molar-refractivity contribution in [3.8, 4) is 28.2 Å². The molecule has 0 radical (unpaired) electrons. The molecular formula is C45H28N2. The molecule has 0 unspecified atom stereocenters. The first-order chi connectivity index (χ1) is 23.3. The second-order valence-electron chi connectivity index (χ2n) is 12.4. The maximum Gasteiger partial charge on any atom is 0.145 e. The van der Waals surface area contributed by atoms with Crippen LogP contribution in [0, 0.1) is 0 Å². The molecule has 0 amide bonds. The molecule has 10 aromatic rings. The first-order valence-corrected chi connectivity index (χ1v) is 16.1. The molecule has 218 valence electrons. The van der Waals surface area contributed by atoms with Gasteiger partial charge in [-0.15, -0.1) is 0 Å². The molecule has 0 spiro atoms. The van der Waals surface area contributed by atoms with Crippen LogP contribution in [-0.4, -0.2) is 9.55 Å². The maximum absolute atomic E-state index is 5.09. The summed E-state index contributed by atoms with van der Waals surface area (Å²) in [6.45, 7) is 0. The third kappa shape index (κ3) is 3.95. The second kappa shape index (κ2) is 10.1. The van der Waals surface area contributed by atoms with E-state index in [0.717, 1.165) is 28.1 Å². The molecule has 9 aromatic carbocycles. The summed E-state index contributed by atoms with van der Waals surface area (Å²) in [4.78, 5) is 5.09. The summed E-state index contributed by atoms with van der Waals surface area (Å²) in [5.41, 5.74) is 6.67. The SMILES string of the molecule is c1ccc(-n2c(-c3ccc(-c4cc5ccc6cccc7c8ccccc8c8ccccc8c(c4)c5c67)cc3)nc3ccccc32)cc1. The fraction of sp³-hybridized carbons (Fsp3) is 0. The van der Waals surface area contributed by atoms with Gasteiger partial charge in [0, 0.05) is 11.3 Å². The van der Waals surface area contributed by atoms with Gasteiger partial charge in [-0.2, -0.15) is 0 Å². The first-order valence-electron chi connectivity index (χ1n) is 16.1. The van der Waals surface area contributed by atoms with E-state index in [1.165, 1.54) is 65.0 Å². The number of fused-ring (bicyclic) bond motifs is 6. The molecule has 10 rings (SSSR count). The predicted octanol–water partition coefficient (Wildman–Crippen LogP) is 12.1. The average molecular weight is 597 g/mol. The van der Waals surface area contributed by atoms with E-state index in [1.807, 2.05) is 0 Å². The average Bonchev–Trinajstić information content (AvgIpc) is 3.54. The lowest BCUT2D eigenvalue weighted by Gasteiger charge is -2.15. The van der Waals surface area contributed by atoms with Crippen molar-refractivity contribution in [2.24, 2.45) is 0 Å². The second-order valence-corrected chi connectivity index (χ2v) is 12.4. The van der Waals surface area contributed by atoms with Crippen LogP contribution in [0.4, 0.5) is 0 Å². The summed E-state index contributed by atoms with van der Waals surface area (Å²) >= 11 is 0. The van der Waals surface area contributed by atoms with Crippen molar-refractivity contribution in [3.05, 3.63) is 170 Å². The molecule has 0 aliphatic rings. The van der Waals surface area contributed by atoms with Gasteiger partial charge in [-0.05, 0) is 101 Å². The Morgan fingerprint density at radius 1 is 0.362 bits per heavy atom. The zero-order valence-electron chi connectivity index (χ0n) is 25.6. The Morgan fingerprint density at radius 3 is 1.70 bits per heavy atom. The van der Waals surface area contributed by atoms with E-state index < -0.39 is 0 Å². The summed E-state index contributed by atoms with van der Waals surface area (Å²) in [6.07, 6.45) is 0. The van der Waals surface area contributed by atoms with Crippen LogP contribution in [0.5, 0.6) is 0 Å². The Morgan fingerprint density at radius 2 is 0.936 bits per heavy atom. The smallest absolute Gasteiger partial charge is 0.145 e. The summed E-state index contributed by atoms with van der Waals surface area (Å²) in [7, 11) is 0. The van der Waals surface area contributed by atoms with Crippen LogP contribution in [0.1, 0.15) is 0 Å². The summed E-state index contributed by atoms with van der Waals surface area (Å²) < 4.78 is 2.26. The first kappa shape index (κ1) is 26.0. The molecule has 47 heavy (non-hydrogen) atoms. The van der Waals surface area contributed by atoms with Gasteiger partial charge in [-0.25, -0.2) is 4.98 Å². The van der Waals surface area contributed by atoms with Gasteiger partial charge in [0.1, 0.15) is 5.82 Å². The van der Waals surface area contributed by atoms with Crippen molar-refractivity contribution in [1.29, 1.82) is 0 Å². The summed E-state index contributed by atoms with van der Waals surface area (Å²) in [5, 5.41) is 12.8. The van der Waals surface area contributed by atoms with E-state index in [4.69, 9.17) is 4.98 Å². The lowest BCUT2D eigenvalue weighted by atomic mass is 9.88. The van der Waals surface area contributed by atoms with Gasteiger partial charge in [0.25, 0.3) is 0 Å². The van der Waals surface area contributed by atoms with E-state index in [0.29, 0.717) is 0 Å².